The molecule has 5 N–H and O–H groups in total. The smallest absolute Gasteiger partial charge is 0.471 e. The molecule has 0 aliphatic carbocycles. The number of nitrogens with one attached hydrogen (secondary N) is 4. The van der Waals surface area contributed by atoms with Crippen molar-refractivity contribution in [3.05, 3.63) is 0 Å². The average molecular weight is 538 g/mol. The quantitative estimate of drug-likeness (QED) is 0.185. The number of alkyl carbamates (subject to hydrolysis) is 1. The van der Waals surface area contributed by atoms with Crippen LogP contribution < -0.4 is 21.3 Å². The number of halogens is 6. The molecule has 17 heteroatoms. The summed E-state index contributed by atoms with van der Waals surface area (Å²) in [5.41, 5.74) is -3.12. The van der Waals surface area contributed by atoms with Gasteiger partial charge in [-0.25, -0.2) is 9.59 Å². The molecule has 0 atom stereocenters. The lowest BCUT2D eigenvalue weighted by atomic mass is 9.87. The SMILES string of the molecule is CC(C)(C)OC(=O)NCC(=O)NC(CCCNC(=O)C(F)(F)F)(CCCNC(=O)C(F)(F)F)C(=O)O. The second kappa shape index (κ2) is 13.2. The minimum Gasteiger partial charge on any atom is -0.480 e. The minimum absolute atomic E-state index is 0.386. The van der Waals surface area contributed by atoms with Crippen molar-refractivity contribution in [3.63, 3.8) is 0 Å². The summed E-state index contributed by atoms with van der Waals surface area (Å²) in [7, 11) is 0. The maximum absolute atomic E-state index is 12.3. The molecular formula is C19H28F6N4O7. The molecule has 0 aromatic carbocycles. The summed E-state index contributed by atoms with van der Waals surface area (Å²) in [6.07, 6.45) is -13.2. The molecule has 0 saturated heterocycles. The van der Waals surface area contributed by atoms with Crippen LogP contribution in [0.25, 0.3) is 0 Å². The first-order valence-corrected chi connectivity index (χ1v) is 10.4. The topological polar surface area (TPSA) is 163 Å². The second-order valence-corrected chi connectivity index (χ2v) is 8.51. The zero-order valence-electron chi connectivity index (χ0n) is 19.6. The van der Waals surface area contributed by atoms with Crippen LogP contribution in [0.5, 0.6) is 0 Å². The van der Waals surface area contributed by atoms with E-state index in [0.717, 1.165) is 0 Å². The van der Waals surface area contributed by atoms with Gasteiger partial charge in [0.2, 0.25) is 5.91 Å². The van der Waals surface area contributed by atoms with Crippen LogP contribution in [-0.4, -0.2) is 78.0 Å². The third-order valence-electron chi connectivity index (χ3n) is 4.23. The summed E-state index contributed by atoms with van der Waals surface area (Å²) in [6, 6.07) is 0. The Balaban J connectivity index is 5.31. The lowest BCUT2D eigenvalue weighted by Crippen LogP contribution is -2.57. The molecule has 0 aliphatic heterocycles. The minimum atomic E-state index is -5.18. The number of carboxylic acids is 1. The van der Waals surface area contributed by atoms with Crippen LogP contribution >= 0.6 is 0 Å². The summed E-state index contributed by atoms with van der Waals surface area (Å²) < 4.78 is 78.7. The van der Waals surface area contributed by atoms with E-state index in [2.05, 4.69) is 10.6 Å². The number of carbonyl (C=O) groups excluding carboxylic acids is 4. The van der Waals surface area contributed by atoms with E-state index in [1.165, 1.54) is 31.4 Å². The first kappa shape index (κ1) is 32.7. The van der Waals surface area contributed by atoms with Crippen LogP contribution in [0.3, 0.4) is 0 Å². The average Bonchev–Trinajstić information content (AvgIpc) is 2.69. The fraction of sp³-hybridized carbons (Fsp3) is 0.737. The first-order valence-electron chi connectivity index (χ1n) is 10.4. The van der Waals surface area contributed by atoms with E-state index in [1.54, 1.807) is 0 Å². The van der Waals surface area contributed by atoms with E-state index < -0.39 is 85.8 Å². The van der Waals surface area contributed by atoms with Gasteiger partial charge in [0.25, 0.3) is 0 Å². The summed E-state index contributed by atoms with van der Waals surface area (Å²) in [4.78, 5) is 57.8. The molecule has 0 fully saturated rings. The summed E-state index contributed by atoms with van der Waals surface area (Å²) in [5.74, 6) is -7.29. The van der Waals surface area contributed by atoms with Crippen molar-refractivity contribution in [3.8, 4) is 0 Å². The van der Waals surface area contributed by atoms with Gasteiger partial charge in [0.1, 0.15) is 17.7 Å². The standard InChI is InChI=1S/C19H28F6N4O7/c1-16(2,3)36-15(35)28-10-11(30)29-17(14(33)34,6-4-8-26-12(31)18(20,21)22)7-5-9-27-13(32)19(23,24)25/h4-10H2,1-3H3,(H,26,31)(H,27,32)(H,28,35)(H,29,30)(H,33,34). The van der Waals surface area contributed by atoms with Gasteiger partial charge in [0.05, 0.1) is 0 Å². The van der Waals surface area contributed by atoms with E-state index in [-0.39, 0.29) is 12.8 Å². The Bertz CT molecular complexity index is 776. The lowest BCUT2D eigenvalue weighted by Gasteiger charge is -2.31. The van der Waals surface area contributed by atoms with Crippen molar-refractivity contribution in [2.45, 2.75) is 69.9 Å². The molecule has 0 aromatic heterocycles. The lowest BCUT2D eigenvalue weighted by molar-refractivity contribution is -0.173. The third kappa shape index (κ3) is 13.0. The highest BCUT2D eigenvalue weighted by atomic mass is 19.4. The molecular weight excluding hydrogens is 510 g/mol. The number of carbonyl (C=O) groups is 5. The number of carboxylic acid groups (broad SMARTS) is 1. The zero-order chi connectivity index (χ0) is 28.4. The van der Waals surface area contributed by atoms with Crippen molar-refractivity contribution in [1.82, 2.24) is 21.3 Å². The van der Waals surface area contributed by atoms with Crippen LogP contribution in [0.4, 0.5) is 31.1 Å². The van der Waals surface area contributed by atoms with Gasteiger partial charge in [-0.2, -0.15) is 26.3 Å². The number of ether oxygens (including phenoxy) is 1. The van der Waals surface area contributed by atoms with Gasteiger partial charge in [-0.1, -0.05) is 0 Å². The Morgan fingerprint density at radius 3 is 1.50 bits per heavy atom. The molecule has 208 valence electrons. The van der Waals surface area contributed by atoms with Crippen molar-refractivity contribution in [2.24, 2.45) is 0 Å². The molecule has 0 heterocycles. The highest BCUT2D eigenvalue weighted by Crippen LogP contribution is 2.21. The summed E-state index contributed by atoms with van der Waals surface area (Å²) in [5, 5.41) is 16.9. The zero-order valence-corrected chi connectivity index (χ0v) is 19.6. The highest BCUT2D eigenvalue weighted by Gasteiger charge is 2.41. The Morgan fingerprint density at radius 1 is 0.750 bits per heavy atom. The largest absolute Gasteiger partial charge is 0.480 e. The Hall–Kier alpha value is -3.27. The third-order valence-corrected chi connectivity index (χ3v) is 4.23. The molecule has 11 nitrogen and oxygen atoms in total. The molecule has 0 bridgehead atoms. The molecule has 0 aromatic rings. The molecule has 36 heavy (non-hydrogen) atoms. The van der Waals surface area contributed by atoms with Crippen LogP contribution in [0.15, 0.2) is 0 Å². The number of aliphatic carboxylic acids is 1. The first-order chi connectivity index (χ1) is 16.2. The van der Waals surface area contributed by atoms with E-state index in [0.29, 0.717) is 0 Å². The maximum atomic E-state index is 12.3. The van der Waals surface area contributed by atoms with Crippen LogP contribution in [0.1, 0.15) is 46.5 Å². The van der Waals surface area contributed by atoms with Crippen LogP contribution in [0, 0.1) is 0 Å². The second-order valence-electron chi connectivity index (χ2n) is 8.51. The molecule has 0 spiro atoms. The highest BCUT2D eigenvalue weighted by molar-refractivity contribution is 5.89. The number of amides is 4. The predicted molar refractivity (Wildman–Crippen MR) is 109 cm³/mol. The number of rotatable bonds is 12. The monoisotopic (exact) mass is 538 g/mol. The van der Waals surface area contributed by atoms with Gasteiger partial charge in [-0.05, 0) is 46.5 Å². The number of alkyl halides is 6. The van der Waals surface area contributed by atoms with Gasteiger partial charge < -0.3 is 31.1 Å². The van der Waals surface area contributed by atoms with Crippen LogP contribution in [0.2, 0.25) is 0 Å². The van der Waals surface area contributed by atoms with E-state index in [9.17, 15) is 55.4 Å². The number of hydrogen-bond donors (Lipinski definition) is 5. The molecule has 0 rings (SSSR count). The fourth-order valence-corrected chi connectivity index (χ4v) is 2.68. The van der Waals surface area contributed by atoms with Gasteiger partial charge in [-0.15, -0.1) is 0 Å². The number of hydrogen-bond acceptors (Lipinski definition) is 6. The van der Waals surface area contributed by atoms with Crippen molar-refractivity contribution < 1.29 is 60.2 Å². The van der Waals surface area contributed by atoms with Crippen molar-refractivity contribution >= 4 is 29.8 Å². The van der Waals surface area contributed by atoms with Gasteiger partial charge in [-0.3, -0.25) is 14.4 Å². The molecule has 0 saturated carbocycles. The van der Waals surface area contributed by atoms with Gasteiger partial charge in [0.15, 0.2) is 0 Å². The normalized spacial score (nSPS) is 12.4. The molecule has 0 unspecified atom stereocenters. The molecule has 4 amide bonds. The van der Waals surface area contributed by atoms with E-state index >= 15 is 0 Å². The summed E-state index contributed by atoms with van der Waals surface area (Å²) in [6.45, 7) is 2.58. The van der Waals surface area contributed by atoms with Crippen LogP contribution in [-0.2, 0) is 23.9 Å². The molecule has 0 radical (unpaired) electrons. The Labute approximate surface area is 201 Å². The Morgan fingerprint density at radius 2 is 1.17 bits per heavy atom. The van der Waals surface area contributed by atoms with Crippen molar-refractivity contribution in [1.29, 1.82) is 0 Å². The predicted octanol–water partition coefficient (Wildman–Crippen LogP) is 1.37. The summed E-state index contributed by atoms with van der Waals surface area (Å²) >= 11 is 0. The van der Waals surface area contributed by atoms with Crippen molar-refractivity contribution in [2.75, 3.05) is 19.6 Å². The molecule has 0 aliphatic rings. The Kier molecular flexibility index (Phi) is 12.0. The maximum Gasteiger partial charge on any atom is 0.471 e. The van der Waals surface area contributed by atoms with Gasteiger partial charge in [0, 0.05) is 13.1 Å². The fourth-order valence-electron chi connectivity index (χ4n) is 2.68. The van der Waals surface area contributed by atoms with E-state index in [1.807, 2.05) is 0 Å². The van der Waals surface area contributed by atoms with Gasteiger partial charge >= 0.3 is 36.2 Å². The van der Waals surface area contributed by atoms with E-state index in [4.69, 9.17) is 4.74 Å².